The number of nitrogens with zero attached hydrogens (tertiary/aromatic N) is 1. The summed E-state index contributed by atoms with van der Waals surface area (Å²) in [6.07, 6.45) is 2.06. The van der Waals surface area contributed by atoms with Gasteiger partial charge in [0.15, 0.2) is 0 Å². The minimum absolute atomic E-state index is 0.0297. The number of hydrogen-bond acceptors (Lipinski definition) is 3. The Kier molecular flexibility index (Phi) is 4.79. The van der Waals surface area contributed by atoms with Crippen LogP contribution in [0.1, 0.15) is 38.4 Å². The SMILES string of the molecule is C[C@@H]1CO[C@H](c2ccccc2)[C@@H](C)N1C(=O)[C@@H]1CCCNC1. The summed E-state index contributed by atoms with van der Waals surface area (Å²) in [5, 5.41) is 3.35. The van der Waals surface area contributed by atoms with Crippen LogP contribution in [0.25, 0.3) is 0 Å². The zero-order valence-corrected chi connectivity index (χ0v) is 13.5. The zero-order valence-electron chi connectivity index (χ0n) is 13.5. The van der Waals surface area contributed by atoms with Crippen LogP contribution >= 0.6 is 0 Å². The maximum atomic E-state index is 13.0. The van der Waals surface area contributed by atoms with E-state index in [-0.39, 0.29) is 30.0 Å². The van der Waals surface area contributed by atoms with Gasteiger partial charge in [-0.3, -0.25) is 4.79 Å². The molecular weight excluding hydrogens is 276 g/mol. The van der Waals surface area contributed by atoms with E-state index in [0.717, 1.165) is 31.5 Å². The maximum Gasteiger partial charge on any atom is 0.227 e. The van der Waals surface area contributed by atoms with E-state index in [9.17, 15) is 4.79 Å². The monoisotopic (exact) mass is 302 g/mol. The van der Waals surface area contributed by atoms with Gasteiger partial charge in [-0.05, 0) is 38.8 Å². The number of carbonyl (C=O) groups is 1. The molecule has 2 saturated heterocycles. The predicted octanol–water partition coefficient (Wildman–Crippen LogP) is 2.36. The van der Waals surface area contributed by atoms with Crippen LogP contribution in [0.3, 0.4) is 0 Å². The van der Waals surface area contributed by atoms with Crippen LogP contribution < -0.4 is 5.32 Å². The molecule has 2 heterocycles. The van der Waals surface area contributed by atoms with Crippen LogP contribution in [0.4, 0.5) is 0 Å². The Labute approximate surface area is 132 Å². The second-order valence-electron chi connectivity index (χ2n) is 6.54. The third-order valence-corrected chi connectivity index (χ3v) is 4.90. The zero-order chi connectivity index (χ0) is 15.5. The smallest absolute Gasteiger partial charge is 0.227 e. The largest absolute Gasteiger partial charge is 0.369 e. The number of ether oxygens (including phenoxy) is 1. The van der Waals surface area contributed by atoms with Gasteiger partial charge < -0.3 is 15.0 Å². The lowest BCUT2D eigenvalue weighted by Crippen LogP contribution is -2.56. The highest BCUT2D eigenvalue weighted by Crippen LogP contribution is 2.32. The molecule has 22 heavy (non-hydrogen) atoms. The third-order valence-electron chi connectivity index (χ3n) is 4.90. The van der Waals surface area contributed by atoms with E-state index in [0.29, 0.717) is 6.61 Å². The van der Waals surface area contributed by atoms with Crippen LogP contribution in [0.5, 0.6) is 0 Å². The number of hydrogen-bond donors (Lipinski definition) is 1. The Morgan fingerprint density at radius 2 is 2.05 bits per heavy atom. The molecule has 1 aromatic carbocycles. The number of nitrogens with one attached hydrogen (secondary N) is 1. The predicted molar refractivity (Wildman–Crippen MR) is 86.5 cm³/mol. The molecule has 0 saturated carbocycles. The highest BCUT2D eigenvalue weighted by molar-refractivity contribution is 5.80. The number of benzene rings is 1. The molecule has 4 atom stereocenters. The number of morpholine rings is 1. The molecule has 0 aromatic heterocycles. The summed E-state index contributed by atoms with van der Waals surface area (Å²) in [5.41, 5.74) is 1.15. The van der Waals surface area contributed by atoms with Gasteiger partial charge >= 0.3 is 0 Å². The molecule has 0 unspecified atom stereocenters. The number of carbonyl (C=O) groups excluding carboxylic acids is 1. The third kappa shape index (κ3) is 3.03. The first-order valence-corrected chi connectivity index (χ1v) is 8.38. The van der Waals surface area contributed by atoms with E-state index in [1.807, 2.05) is 18.2 Å². The average molecular weight is 302 g/mol. The van der Waals surface area contributed by atoms with Crippen molar-refractivity contribution in [2.45, 2.75) is 44.9 Å². The molecule has 1 amide bonds. The highest BCUT2D eigenvalue weighted by Gasteiger charge is 2.39. The summed E-state index contributed by atoms with van der Waals surface area (Å²) in [5.74, 6) is 0.407. The summed E-state index contributed by atoms with van der Waals surface area (Å²) < 4.78 is 6.05. The lowest BCUT2D eigenvalue weighted by Gasteiger charge is -2.45. The molecule has 2 aliphatic rings. The number of piperidine rings is 1. The van der Waals surface area contributed by atoms with Gasteiger partial charge in [-0.2, -0.15) is 0 Å². The minimum atomic E-state index is -0.0297. The van der Waals surface area contributed by atoms with Gasteiger partial charge in [-0.25, -0.2) is 0 Å². The molecule has 1 N–H and O–H groups in total. The molecular formula is C18H26N2O2. The first kappa shape index (κ1) is 15.5. The first-order valence-electron chi connectivity index (χ1n) is 8.38. The molecule has 4 nitrogen and oxygen atoms in total. The molecule has 2 fully saturated rings. The summed E-state index contributed by atoms with van der Waals surface area (Å²) in [7, 11) is 0. The molecule has 0 spiro atoms. The van der Waals surface area contributed by atoms with Gasteiger partial charge in [0.05, 0.1) is 24.6 Å². The van der Waals surface area contributed by atoms with E-state index in [2.05, 4.69) is 36.2 Å². The standard InChI is InChI=1S/C18H26N2O2/c1-13-12-22-17(15-7-4-3-5-8-15)14(2)20(13)18(21)16-9-6-10-19-11-16/h3-5,7-8,13-14,16-17,19H,6,9-12H2,1-2H3/t13-,14-,16-,17+/m1/s1. The molecule has 120 valence electrons. The minimum Gasteiger partial charge on any atom is -0.369 e. The van der Waals surface area contributed by atoms with Gasteiger partial charge in [0.1, 0.15) is 6.10 Å². The van der Waals surface area contributed by atoms with E-state index < -0.39 is 0 Å². The van der Waals surface area contributed by atoms with Crippen LogP contribution in [-0.2, 0) is 9.53 Å². The summed E-state index contributed by atoms with van der Waals surface area (Å²) in [6, 6.07) is 10.5. The van der Waals surface area contributed by atoms with Crippen molar-refractivity contribution in [2.24, 2.45) is 5.92 Å². The quantitative estimate of drug-likeness (QED) is 0.912. The Hall–Kier alpha value is -1.39. The van der Waals surface area contributed by atoms with Crippen molar-refractivity contribution in [1.82, 2.24) is 10.2 Å². The molecule has 3 rings (SSSR count). The molecule has 4 heteroatoms. The average Bonchev–Trinajstić information content (AvgIpc) is 2.56. The molecule has 0 radical (unpaired) electrons. The van der Waals surface area contributed by atoms with Gasteiger partial charge in [0, 0.05) is 6.54 Å². The van der Waals surface area contributed by atoms with Crippen molar-refractivity contribution in [1.29, 1.82) is 0 Å². The van der Waals surface area contributed by atoms with Crippen molar-refractivity contribution in [3.8, 4) is 0 Å². The van der Waals surface area contributed by atoms with Gasteiger partial charge in [-0.15, -0.1) is 0 Å². The van der Waals surface area contributed by atoms with Crippen molar-refractivity contribution >= 4 is 5.91 Å². The van der Waals surface area contributed by atoms with Crippen molar-refractivity contribution < 1.29 is 9.53 Å². The Morgan fingerprint density at radius 3 is 2.73 bits per heavy atom. The van der Waals surface area contributed by atoms with Crippen molar-refractivity contribution in [3.05, 3.63) is 35.9 Å². The van der Waals surface area contributed by atoms with Crippen LogP contribution in [0, 0.1) is 5.92 Å². The second kappa shape index (κ2) is 6.80. The van der Waals surface area contributed by atoms with E-state index in [4.69, 9.17) is 4.74 Å². The normalized spacial score (nSPS) is 32.7. The number of rotatable bonds is 2. The Bertz CT molecular complexity index is 499. The topological polar surface area (TPSA) is 41.6 Å². The maximum absolute atomic E-state index is 13.0. The molecule has 2 aliphatic heterocycles. The number of amides is 1. The van der Waals surface area contributed by atoms with E-state index in [1.54, 1.807) is 0 Å². The van der Waals surface area contributed by atoms with Crippen molar-refractivity contribution in [2.75, 3.05) is 19.7 Å². The van der Waals surface area contributed by atoms with Crippen molar-refractivity contribution in [3.63, 3.8) is 0 Å². The second-order valence-corrected chi connectivity index (χ2v) is 6.54. The first-order chi connectivity index (χ1) is 10.7. The van der Waals surface area contributed by atoms with Gasteiger partial charge in [0.2, 0.25) is 5.91 Å². The highest BCUT2D eigenvalue weighted by atomic mass is 16.5. The summed E-state index contributed by atoms with van der Waals surface area (Å²) >= 11 is 0. The van der Waals surface area contributed by atoms with Crippen LogP contribution in [0.2, 0.25) is 0 Å². The molecule has 0 bridgehead atoms. The lowest BCUT2D eigenvalue weighted by atomic mass is 9.93. The summed E-state index contributed by atoms with van der Waals surface area (Å²) in [4.78, 5) is 15.0. The molecule has 1 aromatic rings. The lowest BCUT2D eigenvalue weighted by molar-refractivity contribution is -0.158. The molecule has 0 aliphatic carbocycles. The van der Waals surface area contributed by atoms with Gasteiger partial charge in [-0.1, -0.05) is 30.3 Å². The van der Waals surface area contributed by atoms with Crippen LogP contribution in [0.15, 0.2) is 30.3 Å². The van der Waals surface area contributed by atoms with E-state index >= 15 is 0 Å². The van der Waals surface area contributed by atoms with Crippen LogP contribution in [-0.4, -0.2) is 42.6 Å². The Balaban J connectivity index is 1.78. The van der Waals surface area contributed by atoms with E-state index in [1.165, 1.54) is 0 Å². The fourth-order valence-electron chi connectivity index (χ4n) is 3.72. The fourth-order valence-corrected chi connectivity index (χ4v) is 3.72. The Morgan fingerprint density at radius 1 is 1.27 bits per heavy atom. The summed E-state index contributed by atoms with van der Waals surface area (Å²) in [6.45, 7) is 6.65. The fraction of sp³-hybridized carbons (Fsp3) is 0.611. The van der Waals surface area contributed by atoms with Gasteiger partial charge in [0.25, 0.3) is 0 Å².